The molecule has 19 heavy (non-hydrogen) atoms. The van der Waals surface area contributed by atoms with Gasteiger partial charge >= 0.3 is 0 Å². The van der Waals surface area contributed by atoms with Crippen molar-refractivity contribution in [3.8, 4) is 0 Å². The predicted molar refractivity (Wildman–Crippen MR) is 74.4 cm³/mol. The molecule has 0 aromatic heterocycles. The van der Waals surface area contributed by atoms with Crippen molar-refractivity contribution in [2.24, 2.45) is 0 Å². The Balaban J connectivity index is 2.74. The normalized spacial score (nSPS) is 11.3. The van der Waals surface area contributed by atoms with Gasteiger partial charge in [0.25, 0.3) is 0 Å². The number of hydrogen-bond acceptors (Lipinski definition) is 4. The molecule has 1 rings (SSSR count). The Labute approximate surface area is 117 Å². The number of hydrogen-bond donors (Lipinski definition) is 2. The Morgan fingerprint density at radius 1 is 1.42 bits per heavy atom. The van der Waals surface area contributed by atoms with Crippen LogP contribution in [0.25, 0.3) is 0 Å². The summed E-state index contributed by atoms with van der Waals surface area (Å²) in [6, 6.07) is 4.14. The van der Waals surface area contributed by atoms with E-state index in [0.717, 1.165) is 0 Å². The summed E-state index contributed by atoms with van der Waals surface area (Å²) in [6.07, 6.45) is 0.0822. The first-order valence-electron chi connectivity index (χ1n) is 5.49. The molecule has 0 aliphatic heterocycles. The SMILES string of the molecule is CN(C)C(=O)CCNS(=O)(=O)c1ccc(N)cc1Cl. The van der Waals surface area contributed by atoms with Crippen LogP contribution in [0.3, 0.4) is 0 Å². The lowest BCUT2D eigenvalue weighted by Gasteiger charge is -2.11. The molecule has 0 radical (unpaired) electrons. The molecule has 0 atom stereocenters. The fourth-order valence-corrected chi connectivity index (χ4v) is 2.91. The second kappa shape index (κ2) is 6.23. The van der Waals surface area contributed by atoms with Crippen molar-refractivity contribution in [3.63, 3.8) is 0 Å². The minimum absolute atomic E-state index is 0.0139. The first-order chi connectivity index (χ1) is 8.74. The van der Waals surface area contributed by atoms with Crippen LogP contribution in [0.15, 0.2) is 23.1 Å². The van der Waals surface area contributed by atoms with Gasteiger partial charge in [-0.2, -0.15) is 0 Å². The van der Waals surface area contributed by atoms with Crippen LogP contribution >= 0.6 is 11.6 Å². The third-order valence-electron chi connectivity index (χ3n) is 2.38. The van der Waals surface area contributed by atoms with Crippen LogP contribution in [0.5, 0.6) is 0 Å². The van der Waals surface area contributed by atoms with Crippen molar-refractivity contribution >= 4 is 33.2 Å². The number of benzene rings is 1. The zero-order valence-electron chi connectivity index (χ0n) is 10.7. The number of halogens is 1. The third-order valence-corrected chi connectivity index (χ3v) is 4.32. The smallest absolute Gasteiger partial charge is 0.242 e. The number of nitrogens with two attached hydrogens (primary N) is 1. The number of rotatable bonds is 5. The number of carbonyl (C=O) groups excluding carboxylic acids is 1. The second-order valence-electron chi connectivity index (χ2n) is 4.13. The largest absolute Gasteiger partial charge is 0.399 e. The Morgan fingerprint density at radius 3 is 2.58 bits per heavy atom. The average molecular weight is 306 g/mol. The molecule has 0 bridgehead atoms. The summed E-state index contributed by atoms with van der Waals surface area (Å²) in [4.78, 5) is 12.7. The summed E-state index contributed by atoms with van der Waals surface area (Å²) in [7, 11) is -0.528. The summed E-state index contributed by atoms with van der Waals surface area (Å²) >= 11 is 5.83. The lowest BCUT2D eigenvalue weighted by Crippen LogP contribution is -2.30. The number of amides is 1. The van der Waals surface area contributed by atoms with Gasteiger partial charge in [0.2, 0.25) is 15.9 Å². The average Bonchev–Trinajstić information content (AvgIpc) is 2.27. The molecule has 8 heteroatoms. The van der Waals surface area contributed by atoms with Gasteiger partial charge in [0.1, 0.15) is 4.90 Å². The number of nitrogen functional groups attached to an aromatic ring is 1. The number of anilines is 1. The van der Waals surface area contributed by atoms with Crippen LogP contribution in [0.1, 0.15) is 6.42 Å². The molecule has 0 saturated heterocycles. The number of nitrogens with zero attached hydrogens (tertiary/aromatic N) is 1. The second-order valence-corrected chi connectivity index (χ2v) is 6.27. The van der Waals surface area contributed by atoms with Gasteiger partial charge < -0.3 is 10.6 Å². The van der Waals surface area contributed by atoms with Gasteiger partial charge in [0.05, 0.1) is 5.02 Å². The fraction of sp³-hybridized carbons (Fsp3) is 0.364. The summed E-state index contributed by atoms with van der Waals surface area (Å²) in [6.45, 7) is 0.0139. The molecule has 0 fully saturated rings. The van der Waals surface area contributed by atoms with E-state index in [1.54, 1.807) is 14.1 Å². The van der Waals surface area contributed by atoms with Gasteiger partial charge in [0, 0.05) is 32.7 Å². The summed E-state index contributed by atoms with van der Waals surface area (Å²) < 4.78 is 26.2. The van der Waals surface area contributed by atoms with Gasteiger partial charge in [-0.1, -0.05) is 11.6 Å². The minimum Gasteiger partial charge on any atom is -0.399 e. The molecule has 106 valence electrons. The molecule has 6 nitrogen and oxygen atoms in total. The Kier molecular flexibility index (Phi) is 5.16. The first kappa shape index (κ1) is 15.7. The van der Waals surface area contributed by atoms with E-state index >= 15 is 0 Å². The van der Waals surface area contributed by atoms with Crippen molar-refractivity contribution in [2.75, 3.05) is 26.4 Å². The maximum atomic E-state index is 12.0. The van der Waals surface area contributed by atoms with E-state index in [-0.39, 0.29) is 28.8 Å². The molecule has 3 N–H and O–H groups in total. The van der Waals surface area contributed by atoms with Gasteiger partial charge in [-0.3, -0.25) is 4.79 Å². The van der Waals surface area contributed by atoms with E-state index in [9.17, 15) is 13.2 Å². The maximum Gasteiger partial charge on any atom is 0.242 e. The minimum atomic E-state index is -3.74. The van der Waals surface area contributed by atoms with E-state index in [2.05, 4.69) is 4.72 Å². The molecular weight excluding hydrogens is 290 g/mol. The molecule has 0 saturated carbocycles. The van der Waals surface area contributed by atoms with E-state index in [1.165, 1.54) is 23.1 Å². The van der Waals surface area contributed by atoms with Gasteiger partial charge in [-0.25, -0.2) is 13.1 Å². The topological polar surface area (TPSA) is 92.5 Å². The van der Waals surface area contributed by atoms with Gasteiger partial charge in [0.15, 0.2) is 0 Å². The standard InChI is InChI=1S/C11H16ClN3O3S/c1-15(2)11(16)5-6-14-19(17,18)10-4-3-8(13)7-9(10)12/h3-4,7,14H,5-6,13H2,1-2H3. The molecular formula is C11H16ClN3O3S. The summed E-state index contributed by atoms with van der Waals surface area (Å²) in [5.74, 6) is -0.161. The Bertz CT molecular complexity index is 573. The van der Waals surface area contributed by atoms with Crippen LogP contribution < -0.4 is 10.5 Å². The van der Waals surface area contributed by atoms with Crippen LogP contribution in [0, 0.1) is 0 Å². The molecule has 0 unspecified atom stereocenters. The monoisotopic (exact) mass is 305 g/mol. The summed E-state index contributed by atoms with van der Waals surface area (Å²) in [5, 5.41) is 0.0476. The molecule has 1 aromatic rings. The Morgan fingerprint density at radius 2 is 2.05 bits per heavy atom. The first-order valence-corrected chi connectivity index (χ1v) is 7.35. The predicted octanol–water partition coefficient (Wildman–Crippen LogP) is 0.679. The van der Waals surface area contributed by atoms with Gasteiger partial charge in [-0.05, 0) is 18.2 Å². The van der Waals surface area contributed by atoms with Crippen LogP contribution in [-0.4, -0.2) is 39.9 Å². The van der Waals surface area contributed by atoms with Crippen molar-refractivity contribution in [3.05, 3.63) is 23.2 Å². The number of nitrogens with one attached hydrogen (secondary N) is 1. The van der Waals surface area contributed by atoms with Crippen molar-refractivity contribution in [1.82, 2.24) is 9.62 Å². The highest BCUT2D eigenvalue weighted by Crippen LogP contribution is 2.23. The van der Waals surface area contributed by atoms with Gasteiger partial charge in [-0.15, -0.1) is 0 Å². The maximum absolute atomic E-state index is 12.0. The zero-order chi connectivity index (χ0) is 14.6. The van der Waals surface area contributed by atoms with E-state index in [1.807, 2.05) is 0 Å². The highest BCUT2D eigenvalue weighted by molar-refractivity contribution is 7.89. The summed E-state index contributed by atoms with van der Waals surface area (Å²) in [5.41, 5.74) is 5.88. The van der Waals surface area contributed by atoms with E-state index in [0.29, 0.717) is 5.69 Å². The lowest BCUT2D eigenvalue weighted by atomic mass is 10.3. The molecule has 1 amide bonds. The van der Waals surface area contributed by atoms with Crippen molar-refractivity contribution in [2.45, 2.75) is 11.3 Å². The number of sulfonamides is 1. The van der Waals surface area contributed by atoms with Crippen LogP contribution in [-0.2, 0) is 14.8 Å². The molecule has 1 aromatic carbocycles. The van der Waals surface area contributed by atoms with Crippen molar-refractivity contribution < 1.29 is 13.2 Å². The highest BCUT2D eigenvalue weighted by atomic mass is 35.5. The fourth-order valence-electron chi connectivity index (χ4n) is 1.33. The zero-order valence-corrected chi connectivity index (χ0v) is 12.3. The van der Waals surface area contributed by atoms with E-state index in [4.69, 9.17) is 17.3 Å². The van der Waals surface area contributed by atoms with E-state index < -0.39 is 10.0 Å². The molecule has 0 aliphatic rings. The molecule has 0 spiro atoms. The third kappa shape index (κ3) is 4.38. The Hall–Kier alpha value is -1.31. The number of carbonyl (C=O) groups is 1. The quantitative estimate of drug-likeness (QED) is 0.782. The lowest BCUT2D eigenvalue weighted by molar-refractivity contribution is -0.128. The highest BCUT2D eigenvalue weighted by Gasteiger charge is 2.18. The van der Waals surface area contributed by atoms with Crippen LogP contribution in [0.4, 0.5) is 5.69 Å². The van der Waals surface area contributed by atoms with Crippen LogP contribution in [0.2, 0.25) is 5.02 Å². The van der Waals surface area contributed by atoms with Crippen molar-refractivity contribution in [1.29, 1.82) is 0 Å². The molecule has 0 aliphatic carbocycles. The molecule has 0 heterocycles.